The molecule has 0 amide bonds. The van der Waals surface area contributed by atoms with Crippen LogP contribution in [0.25, 0.3) is 0 Å². The van der Waals surface area contributed by atoms with Crippen LogP contribution in [-0.4, -0.2) is 42.9 Å². The Hall–Kier alpha value is 0.861. The number of hydrogen-bond donors (Lipinski definition) is 0. The standard InChI is InChI=1S/C9H25NSi2.C2H7ClOSi/c1-8-9-10(11(2,3)4)12(5,6)7;1-2-4-5-3/h8-9H2,1-7H3;2,5H2,1H3. The van der Waals surface area contributed by atoms with Crippen LogP contribution < -0.4 is 0 Å². The number of rotatable bonds is 6. The third kappa shape index (κ3) is 11.7. The quantitative estimate of drug-likeness (QED) is 0.548. The maximum atomic E-state index is 5.22. The molecule has 0 aromatic heterocycles. The predicted octanol–water partition coefficient (Wildman–Crippen LogP) is 3.63. The van der Waals surface area contributed by atoms with E-state index in [1.54, 1.807) is 0 Å². The van der Waals surface area contributed by atoms with Gasteiger partial charge in [0.1, 0.15) is 16.5 Å². The molecule has 0 aliphatic carbocycles. The monoisotopic (exact) mass is 313 g/mol. The van der Waals surface area contributed by atoms with Crippen LogP contribution >= 0.6 is 11.1 Å². The summed E-state index contributed by atoms with van der Waals surface area (Å²) < 4.78 is 7.57. The van der Waals surface area contributed by atoms with Crippen LogP contribution in [0.5, 0.6) is 0 Å². The van der Waals surface area contributed by atoms with Crippen LogP contribution in [0.15, 0.2) is 0 Å². The van der Waals surface area contributed by atoms with Crippen LogP contribution in [0.4, 0.5) is 0 Å². The molecule has 0 aromatic rings. The Labute approximate surface area is 118 Å². The molecule has 0 unspecified atom stereocenters. The van der Waals surface area contributed by atoms with Crippen molar-refractivity contribution in [2.24, 2.45) is 0 Å². The lowest BCUT2D eigenvalue weighted by atomic mass is 10.5. The lowest BCUT2D eigenvalue weighted by Gasteiger charge is -2.43. The fraction of sp³-hybridized carbons (Fsp3) is 1.00. The van der Waals surface area contributed by atoms with Crippen molar-refractivity contribution >= 4 is 36.6 Å². The molecule has 17 heavy (non-hydrogen) atoms. The molecule has 0 bridgehead atoms. The summed E-state index contributed by atoms with van der Waals surface area (Å²) in [6, 6.07) is 0. The van der Waals surface area contributed by atoms with E-state index in [0.29, 0.717) is 0 Å². The van der Waals surface area contributed by atoms with Crippen molar-refractivity contribution in [3.05, 3.63) is 0 Å². The first-order chi connectivity index (χ1) is 7.61. The summed E-state index contributed by atoms with van der Waals surface area (Å²) in [4.78, 5) is 0. The summed E-state index contributed by atoms with van der Waals surface area (Å²) >= 11 is 5.22. The maximum Gasteiger partial charge on any atom is 0.258 e. The van der Waals surface area contributed by atoms with Crippen LogP contribution in [0.2, 0.25) is 39.3 Å². The fourth-order valence-corrected chi connectivity index (χ4v) is 12.4. The Morgan fingerprint density at radius 2 is 1.41 bits per heavy atom. The molecule has 106 valence electrons. The van der Waals surface area contributed by atoms with E-state index in [9.17, 15) is 0 Å². The molecule has 0 atom stereocenters. The molecule has 0 rings (SSSR count). The zero-order valence-electron chi connectivity index (χ0n) is 13.1. The molecule has 2 nitrogen and oxygen atoms in total. The highest BCUT2D eigenvalue weighted by Crippen LogP contribution is 2.19. The van der Waals surface area contributed by atoms with Gasteiger partial charge in [-0.05, 0) is 19.9 Å². The second kappa shape index (κ2) is 9.75. The van der Waals surface area contributed by atoms with Crippen molar-refractivity contribution in [2.45, 2.75) is 59.6 Å². The van der Waals surface area contributed by atoms with Gasteiger partial charge in [0.15, 0.2) is 0 Å². The van der Waals surface area contributed by atoms with Gasteiger partial charge in [-0.2, -0.15) is 0 Å². The van der Waals surface area contributed by atoms with Gasteiger partial charge in [-0.15, -0.1) is 11.1 Å². The minimum Gasteiger partial charge on any atom is -0.408 e. The van der Waals surface area contributed by atoms with Gasteiger partial charge >= 0.3 is 0 Å². The van der Waals surface area contributed by atoms with Gasteiger partial charge in [-0.3, -0.25) is 0 Å². The molecule has 6 heteroatoms. The Kier molecular flexibility index (Phi) is 11.6. The Bertz CT molecular complexity index is 165. The summed E-state index contributed by atoms with van der Waals surface area (Å²) in [7, 11) is -2.71. The predicted molar refractivity (Wildman–Crippen MR) is 89.7 cm³/mol. The van der Waals surface area contributed by atoms with E-state index in [2.05, 4.69) is 50.4 Å². The molecule has 0 saturated heterocycles. The number of hydrogen-bond acceptors (Lipinski definition) is 2. The first-order valence-corrected chi connectivity index (χ1v) is 16.1. The van der Waals surface area contributed by atoms with Crippen molar-refractivity contribution < 1.29 is 4.43 Å². The van der Waals surface area contributed by atoms with E-state index in [1.165, 1.54) is 13.0 Å². The average molecular weight is 314 g/mol. The van der Waals surface area contributed by atoms with Crippen LogP contribution in [-0.2, 0) is 4.43 Å². The lowest BCUT2D eigenvalue weighted by Crippen LogP contribution is -2.59. The Balaban J connectivity index is 0. The average Bonchev–Trinajstić information content (AvgIpc) is 2.13. The van der Waals surface area contributed by atoms with Crippen molar-refractivity contribution in [2.75, 3.05) is 13.2 Å². The van der Waals surface area contributed by atoms with Gasteiger partial charge in [0.25, 0.3) is 9.07 Å². The van der Waals surface area contributed by atoms with Crippen molar-refractivity contribution in [1.29, 1.82) is 0 Å². The molecular formula is C11H32ClNOSi3. The zero-order chi connectivity index (χ0) is 14.1. The normalized spacial score (nSPS) is 13.1. The zero-order valence-corrected chi connectivity index (χ0v) is 17.2. The molecule has 0 aromatic carbocycles. The highest BCUT2D eigenvalue weighted by Gasteiger charge is 2.33. The fourth-order valence-electron chi connectivity index (χ4n) is 1.98. The smallest absolute Gasteiger partial charge is 0.258 e. The molecule has 0 aliphatic rings. The lowest BCUT2D eigenvalue weighted by molar-refractivity contribution is 0.371. The molecule has 0 spiro atoms. The maximum absolute atomic E-state index is 5.22. The van der Waals surface area contributed by atoms with Gasteiger partial charge < -0.3 is 8.66 Å². The molecule has 0 fully saturated rings. The van der Waals surface area contributed by atoms with E-state index < -0.39 is 25.5 Å². The van der Waals surface area contributed by atoms with E-state index in [0.717, 1.165) is 6.61 Å². The first-order valence-electron chi connectivity index (χ1n) is 6.52. The summed E-state index contributed by atoms with van der Waals surface area (Å²) in [5, 5.41) is 0. The van der Waals surface area contributed by atoms with Gasteiger partial charge in [-0.25, -0.2) is 0 Å². The van der Waals surface area contributed by atoms with Crippen molar-refractivity contribution in [3.8, 4) is 0 Å². The van der Waals surface area contributed by atoms with Crippen LogP contribution in [0, 0.1) is 0 Å². The largest absolute Gasteiger partial charge is 0.408 e. The summed E-state index contributed by atoms with van der Waals surface area (Å²) in [6.07, 6.45) is 1.30. The first kappa shape index (κ1) is 20.2. The van der Waals surface area contributed by atoms with Gasteiger partial charge in [-0.1, -0.05) is 46.2 Å². The molecular weight excluding hydrogens is 282 g/mol. The van der Waals surface area contributed by atoms with Gasteiger partial charge in [0.2, 0.25) is 0 Å². The molecule has 0 radical (unpaired) electrons. The molecule has 0 heterocycles. The van der Waals surface area contributed by atoms with Gasteiger partial charge in [0.05, 0.1) is 0 Å². The highest BCUT2D eigenvalue weighted by molar-refractivity contribution is 6.90. The van der Waals surface area contributed by atoms with Crippen molar-refractivity contribution in [3.63, 3.8) is 0 Å². The topological polar surface area (TPSA) is 12.5 Å². The molecule has 0 N–H and O–H groups in total. The van der Waals surface area contributed by atoms with Gasteiger partial charge in [0, 0.05) is 6.61 Å². The molecule has 0 saturated carbocycles. The second-order valence-electron chi connectivity index (χ2n) is 6.10. The SMILES string of the molecule is CCCN([Si](C)(C)C)[Si](C)(C)C.CCO[SiH2]Cl. The minimum atomic E-state index is -1.05. The van der Waals surface area contributed by atoms with Crippen molar-refractivity contribution in [1.82, 2.24) is 4.23 Å². The summed E-state index contributed by atoms with van der Waals surface area (Å²) in [6.45, 7) is 21.1. The number of halogens is 1. The van der Waals surface area contributed by atoms with E-state index in [-0.39, 0.29) is 0 Å². The summed E-state index contributed by atoms with van der Waals surface area (Å²) in [5.41, 5.74) is 0. The highest BCUT2D eigenvalue weighted by atomic mass is 35.6. The van der Waals surface area contributed by atoms with Crippen LogP contribution in [0.3, 0.4) is 0 Å². The van der Waals surface area contributed by atoms with Crippen LogP contribution in [0.1, 0.15) is 20.3 Å². The molecule has 0 aliphatic heterocycles. The Morgan fingerprint density at radius 3 is 1.47 bits per heavy atom. The third-order valence-electron chi connectivity index (χ3n) is 2.35. The number of nitrogens with zero attached hydrogens (tertiary/aromatic N) is 1. The Morgan fingerprint density at radius 1 is 1.00 bits per heavy atom. The second-order valence-corrected chi connectivity index (χ2v) is 17.6. The third-order valence-corrected chi connectivity index (χ3v) is 11.1. The minimum absolute atomic E-state index is 0.614. The van der Waals surface area contributed by atoms with E-state index in [4.69, 9.17) is 15.5 Å². The van der Waals surface area contributed by atoms with E-state index >= 15 is 0 Å². The summed E-state index contributed by atoms with van der Waals surface area (Å²) in [5.74, 6) is 0. The van der Waals surface area contributed by atoms with E-state index in [1.807, 2.05) is 6.92 Å².